The summed E-state index contributed by atoms with van der Waals surface area (Å²) in [6, 6.07) is 1.79. The van der Waals surface area contributed by atoms with Crippen LogP contribution in [0, 0.1) is 6.92 Å². The molecule has 2 N–H and O–H groups in total. The second-order valence-corrected chi connectivity index (χ2v) is 6.72. The number of nitrogens with one attached hydrogen (secondary N) is 2. The molecule has 7 nitrogen and oxygen atoms in total. The molecule has 4 rings (SSSR count). The molecule has 0 radical (unpaired) electrons. The highest BCUT2D eigenvalue weighted by Crippen LogP contribution is 2.21. The van der Waals surface area contributed by atoms with Crippen molar-refractivity contribution in [1.82, 2.24) is 25.3 Å². The van der Waals surface area contributed by atoms with E-state index in [2.05, 4.69) is 20.6 Å². The number of hydrogen-bond acceptors (Lipinski definition) is 5. The van der Waals surface area contributed by atoms with E-state index in [0.717, 1.165) is 48.2 Å². The third-order valence-electron chi connectivity index (χ3n) is 5.09. The van der Waals surface area contributed by atoms with Crippen molar-refractivity contribution in [2.45, 2.75) is 51.2 Å². The summed E-state index contributed by atoms with van der Waals surface area (Å²) < 4.78 is 7.27. The van der Waals surface area contributed by atoms with Gasteiger partial charge in [-0.1, -0.05) is 0 Å². The highest BCUT2D eigenvalue weighted by Gasteiger charge is 2.31. The van der Waals surface area contributed by atoms with E-state index in [1.807, 2.05) is 13.1 Å². The summed E-state index contributed by atoms with van der Waals surface area (Å²) >= 11 is 0. The summed E-state index contributed by atoms with van der Waals surface area (Å²) in [4.78, 5) is 12.5. The van der Waals surface area contributed by atoms with Gasteiger partial charge in [0, 0.05) is 23.9 Å². The predicted molar refractivity (Wildman–Crippen MR) is 88.9 cm³/mol. The Kier molecular flexibility index (Phi) is 4.20. The van der Waals surface area contributed by atoms with Gasteiger partial charge in [0.05, 0.1) is 37.2 Å². The molecular weight excluding hydrogens is 306 g/mol. The third kappa shape index (κ3) is 2.89. The largest absolute Gasteiger partial charge is 0.377 e. The standard InChI is InChI=1S/C17H23N5O2/c1-11-13(8-19-20-11)7-18-15-9-24-10-16(15)22-17(23)6-12-4-2-3-5-14(12)21-22/h6,8,15-16,18H,2-5,7,9-10H2,1H3,(H,19,20). The molecule has 1 saturated heterocycles. The first kappa shape index (κ1) is 15.5. The van der Waals surface area contributed by atoms with E-state index in [0.29, 0.717) is 19.8 Å². The van der Waals surface area contributed by atoms with Gasteiger partial charge in [0.1, 0.15) is 0 Å². The van der Waals surface area contributed by atoms with Crippen LogP contribution in [0.3, 0.4) is 0 Å². The summed E-state index contributed by atoms with van der Waals surface area (Å²) in [6.45, 7) is 3.81. The number of aromatic amines is 1. The van der Waals surface area contributed by atoms with Crippen molar-refractivity contribution >= 4 is 0 Å². The quantitative estimate of drug-likeness (QED) is 0.870. The molecule has 3 heterocycles. The molecule has 2 unspecified atom stereocenters. The van der Waals surface area contributed by atoms with E-state index in [-0.39, 0.29) is 17.6 Å². The summed E-state index contributed by atoms with van der Waals surface area (Å²) in [5.74, 6) is 0. The Morgan fingerprint density at radius 2 is 2.25 bits per heavy atom. The Morgan fingerprint density at radius 3 is 3.08 bits per heavy atom. The molecule has 128 valence electrons. The molecule has 2 aromatic rings. The van der Waals surface area contributed by atoms with Crippen molar-refractivity contribution in [3.63, 3.8) is 0 Å². The Balaban J connectivity index is 1.54. The summed E-state index contributed by atoms with van der Waals surface area (Å²) in [5, 5.41) is 15.2. The van der Waals surface area contributed by atoms with Gasteiger partial charge in [0.25, 0.3) is 5.56 Å². The summed E-state index contributed by atoms with van der Waals surface area (Å²) in [6.07, 6.45) is 6.08. The average Bonchev–Trinajstić information content (AvgIpc) is 3.21. The monoisotopic (exact) mass is 329 g/mol. The van der Waals surface area contributed by atoms with Crippen molar-refractivity contribution in [2.24, 2.45) is 0 Å². The van der Waals surface area contributed by atoms with Crippen LogP contribution in [0.4, 0.5) is 0 Å². The van der Waals surface area contributed by atoms with Crippen LogP contribution in [0.5, 0.6) is 0 Å². The lowest BCUT2D eigenvalue weighted by Crippen LogP contribution is -2.41. The molecule has 2 aromatic heterocycles. The number of H-pyrrole nitrogens is 1. The van der Waals surface area contributed by atoms with Crippen molar-refractivity contribution in [3.05, 3.63) is 45.1 Å². The number of aryl methyl sites for hydroxylation is 3. The van der Waals surface area contributed by atoms with Gasteiger partial charge in [-0.2, -0.15) is 10.2 Å². The molecular formula is C17H23N5O2. The molecule has 1 aliphatic heterocycles. The molecule has 0 bridgehead atoms. The molecule has 0 spiro atoms. The van der Waals surface area contributed by atoms with Gasteiger partial charge in [-0.25, -0.2) is 4.68 Å². The maximum Gasteiger partial charge on any atom is 0.267 e. The smallest absolute Gasteiger partial charge is 0.267 e. The number of ether oxygens (including phenoxy) is 1. The van der Waals surface area contributed by atoms with Crippen molar-refractivity contribution in [2.75, 3.05) is 13.2 Å². The maximum absolute atomic E-state index is 12.5. The van der Waals surface area contributed by atoms with E-state index in [1.165, 1.54) is 0 Å². The topological polar surface area (TPSA) is 84.8 Å². The Morgan fingerprint density at radius 1 is 1.38 bits per heavy atom. The summed E-state index contributed by atoms with van der Waals surface area (Å²) in [7, 11) is 0. The zero-order chi connectivity index (χ0) is 16.5. The minimum absolute atomic E-state index is 0.0163. The third-order valence-corrected chi connectivity index (χ3v) is 5.09. The van der Waals surface area contributed by atoms with Gasteiger partial charge in [0.15, 0.2) is 0 Å². The molecule has 0 aromatic carbocycles. The Labute approximate surface area is 140 Å². The van der Waals surface area contributed by atoms with Gasteiger partial charge < -0.3 is 10.1 Å². The molecule has 1 fully saturated rings. The van der Waals surface area contributed by atoms with Crippen LogP contribution in [-0.4, -0.2) is 39.2 Å². The number of hydrogen-bond donors (Lipinski definition) is 2. The second-order valence-electron chi connectivity index (χ2n) is 6.72. The first-order chi connectivity index (χ1) is 11.7. The second kappa shape index (κ2) is 6.49. The van der Waals surface area contributed by atoms with Crippen LogP contribution < -0.4 is 10.9 Å². The number of rotatable bonds is 4. The molecule has 2 aliphatic rings. The molecule has 24 heavy (non-hydrogen) atoms. The van der Waals surface area contributed by atoms with Crippen LogP contribution in [0.15, 0.2) is 17.1 Å². The van der Waals surface area contributed by atoms with Crippen LogP contribution >= 0.6 is 0 Å². The minimum atomic E-state index is -0.0584. The highest BCUT2D eigenvalue weighted by molar-refractivity contribution is 5.21. The number of fused-ring (bicyclic) bond motifs is 1. The van der Waals surface area contributed by atoms with Crippen LogP contribution in [0.1, 0.15) is 41.4 Å². The SMILES string of the molecule is Cc1[nH]ncc1CNC1COCC1n1nc2c(cc1=O)CCCC2. The van der Waals surface area contributed by atoms with E-state index in [4.69, 9.17) is 4.74 Å². The van der Waals surface area contributed by atoms with Crippen LogP contribution in [-0.2, 0) is 24.1 Å². The Hall–Kier alpha value is -1.99. The number of nitrogens with zero attached hydrogens (tertiary/aromatic N) is 3. The number of aromatic nitrogens is 4. The lowest BCUT2D eigenvalue weighted by Gasteiger charge is -2.23. The van der Waals surface area contributed by atoms with Gasteiger partial charge >= 0.3 is 0 Å². The Bertz CT molecular complexity index is 782. The van der Waals surface area contributed by atoms with E-state index >= 15 is 0 Å². The first-order valence-electron chi connectivity index (χ1n) is 8.64. The molecule has 7 heteroatoms. The van der Waals surface area contributed by atoms with Gasteiger partial charge in [-0.15, -0.1) is 0 Å². The maximum atomic E-state index is 12.5. The fourth-order valence-electron chi connectivity index (χ4n) is 3.59. The molecule has 0 saturated carbocycles. The minimum Gasteiger partial charge on any atom is -0.377 e. The van der Waals surface area contributed by atoms with Crippen molar-refractivity contribution in [1.29, 1.82) is 0 Å². The zero-order valence-corrected chi connectivity index (χ0v) is 13.9. The lowest BCUT2D eigenvalue weighted by molar-refractivity contribution is 0.180. The van der Waals surface area contributed by atoms with E-state index in [1.54, 1.807) is 10.7 Å². The molecule has 1 aliphatic carbocycles. The first-order valence-corrected chi connectivity index (χ1v) is 8.64. The van der Waals surface area contributed by atoms with Gasteiger partial charge in [0.2, 0.25) is 0 Å². The average molecular weight is 329 g/mol. The molecule has 2 atom stereocenters. The van der Waals surface area contributed by atoms with Gasteiger partial charge in [-0.05, 0) is 38.2 Å². The zero-order valence-electron chi connectivity index (χ0n) is 13.9. The highest BCUT2D eigenvalue weighted by atomic mass is 16.5. The van der Waals surface area contributed by atoms with E-state index < -0.39 is 0 Å². The predicted octanol–water partition coefficient (Wildman–Crippen LogP) is 0.883. The lowest BCUT2D eigenvalue weighted by atomic mass is 9.97. The van der Waals surface area contributed by atoms with E-state index in [9.17, 15) is 4.79 Å². The fourth-order valence-corrected chi connectivity index (χ4v) is 3.59. The van der Waals surface area contributed by atoms with Gasteiger partial charge in [-0.3, -0.25) is 9.89 Å². The summed E-state index contributed by atoms with van der Waals surface area (Å²) in [5.41, 5.74) is 4.38. The van der Waals surface area contributed by atoms with Crippen LogP contribution in [0.25, 0.3) is 0 Å². The normalized spacial score (nSPS) is 23.4. The molecule has 0 amide bonds. The fraction of sp³-hybridized carbons (Fsp3) is 0.588. The van der Waals surface area contributed by atoms with Crippen LogP contribution in [0.2, 0.25) is 0 Å². The van der Waals surface area contributed by atoms with Crippen molar-refractivity contribution in [3.8, 4) is 0 Å². The van der Waals surface area contributed by atoms with Crippen molar-refractivity contribution < 1.29 is 4.74 Å².